The molecule has 0 aliphatic carbocycles. The molecule has 7 heteroatoms. The summed E-state index contributed by atoms with van der Waals surface area (Å²) < 4.78 is 88.5. The van der Waals surface area contributed by atoms with Crippen molar-refractivity contribution in [2.24, 2.45) is 0 Å². The average Bonchev–Trinajstić information content (AvgIpc) is 3.27. The van der Waals surface area contributed by atoms with Crippen LogP contribution in [0.25, 0.3) is 0 Å². The molecule has 2 aromatic heterocycles. The first-order valence-electron chi connectivity index (χ1n) is 12.4. The first kappa shape index (κ1) is 9.80. The molecule has 3 saturated heterocycles. The van der Waals surface area contributed by atoms with Crippen LogP contribution in [0.4, 0.5) is 0 Å². The first-order chi connectivity index (χ1) is 15.8. The smallest absolute Gasteiger partial charge is 0.349 e. The minimum Gasteiger partial charge on any atom is -0.459 e. The van der Waals surface area contributed by atoms with Gasteiger partial charge in [-0.3, -0.25) is 0 Å². The SMILES string of the molecule is [2H]C1([2H])C([2H])(OC(=O)C(O)(c2cccs2)c2cccs2)C([2H])([2H])C2([2H])C3([2H])OC3([2H])C1([2H])[N+]2(C)C. The van der Waals surface area contributed by atoms with Crippen molar-refractivity contribution in [2.75, 3.05) is 14.1 Å². The summed E-state index contributed by atoms with van der Waals surface area (Å²) in [5, 5.41) is 14.7. The van der Waals surface area contributed by atoms with Crippen molar-refractivity contribution < 1.29 is 36.2 Å². The Morgan fingerprint density at radius 2 is 1.81 bits per heavy atom. The molecule has 138 valence electrons. The van der Waals surface area contributed by atoms with Crippen LogP contribution in [0.2, 0.25) is 0 Å². The van der Waals surface area contributed by atoms with Crippen LogP contribution in [-0.4, -0.2) is 59.9 Å². The van der Waals surface area contributed by atoms with Crippen molar-refractivity contribution in [3.63, 3.8) is 0 Å². The Hall–Kier alpha value is -1.25. The van der Waals surface area contributed by atoms with Crippen LogP contribution in [0.5, 0.6) is 0 Å². The number of esters is 1. The third-order valence-electron chi connectivity index (χ3n) is 4.63. The van der Waals surface area contributed by atoms with Crippen molar-refractivity contribution >= 4 is 28.6 Å². The van der Waals surface area contributed by atoms with E-state index in [0.29, 0.717) is 0 Å². The lowest BCUT2D eigenvalue weighted by atomic mass is 9.95. The van der Waals surface area contributed by atoms with Gasteiger partial charge in [0.05, 0.1) is 30.7 Å². The molecular weight excluding hydrogens is 370 g/mol. The molecular formula is C19H22NO4S2+. The summed E-state index contributed by atoms with van der Waals surface area (Å²) >= 11 is 1.97. The van der Waals surface area contributed by atoms with Gasteiger partial charge in [-0.15, -0.1) is 22.7 Å². The number of hydrogen-bond acceptors (Lipinski definition) is 6. The molecule has 0 amide bonds. The van der Waals surface area contributed by atoms with Crippen LogP contribution in [-0.2, 0) is 19.9 Å². The second-order valence-corrected chi connectivity index (χ2v) is 8.44. The van der Waals surface area contributed by atoms with E-state index in [-0.39, 0.29) is 9.75 Å². The summed E-state index contributed by atoms with van der Waals surface area (Å²) in [6.45, 7) is 0. The fourth-order valence-corrected chi connectivity index (χ4v) is 4.87. The number of thiophene rings is 2. The topological polar surface area (TPSA) is 59.1 Å². The molecule has 5 nitrogen and oxygen atoms in total. The van der Waals surface area contributed by atoms with E-state index in [1.807, 2.05) is 0 Å². The summed E-state index contributed by atoms with van der Waals surface area (Å²) in [7, 11) is 2.26. The fourth-order valence-electron chi connectivity index (χ4n) is 3.16. The Labute approximate surface area is 173 Å². The van der Waals surface area contributed by atoms with Crippen molar-refractivity contribution in [3.8, 4) is 0 Å². The largest absolute Gasteiger partial charge is 0.459 e. The van der Waals surface area contributed by atoms with Gasteiger partial charge in [-0.1, -0.05) is 12.1 Å². The van der Waals surface area contributed by atoms with Gasteiger partial charge in [0.25, 0.3) is 0 Å². The van der Waals surface area contributed by atoms with Crippen LogP contribution < -0.4 is 0 Å². The number of morpholine rings is 1. The molecule has 3 aliphatic rings. The lowest BCUT2D eigenvalue weighted by Crippen LogP contribution is -2.60. The van der Waals surface area contributed by atoms with E-state index >= 15 is 0 Å². The van der Waals surface area contributed by atoms with Crippen LogP contribution in [0.1, 0.15) is 34.8 Å². The number of fused-ring (bicyclic) bond motifs is 5. The van der Waals surface area contributed by atoms with Crippen LogP contribution in [0.3, 0.4) is 0 Å². The zero-order chi connectivity index (χ0) is 26.3. The molecule has 3 aliphatic heterocycles. The Kier molecular flexibility index (Phi) is 2.12. The lowest BCUT2D eigenvalue weighted by molar-refractivity contribution is -0.938. The molecule has 0 radical (unpaired) electrons. The Bertz CT molecular complexity index is 1150. The number of epoxide rings is 1. The number of quaternary nitrogens is 1. The molecule has 0 aromatic carbocycles. The number of carbonyl (C=O) groups is 1. The summed E-state index contributed by atoms with van der Waals surface area (Å²) in [5.74, 6) is -1.57. The van der Waals surface area contributed by atoms with Gasteiger partial charge in [0.15, 0.2) is 0 Å². The first-order valence-corrected chi connectivity index (χ1v) is 9.64. The zero-order valence-corrected chi connectivity index (χ0v) is 15.5. The van der Waals surface area contributed by atoms with Crippen molar-refractivity contribution in [1.82, 2.24) is 0 Å². The number of ether oxygens (including phenoxy) is 2. The normalized spacial score (nSPS) is 57.4. The van der Waals surface area contributed by atoms with Crippen LogP contribution in [0.15, 0.2) is 35.0 Å². The van der Waals surface area contributed by atoms with Crippen LogP contribution >= 0.6 is 22.7 Å². The number of hydrogen-bond donors (Lipinski definition) is 1. The molecule has 0 spiro atoms. The highest BCUT2D eigenvalue weighted by Gasteiger charge is 2.71. The molecule has 2 aromatic rings. The summed E-state index contributed by atoms with van der Waals surface area (Å²) in [5.41, 5.74) is -2.52. The van der Waals surface area contributed by atoms with Gasteiger partial charge in [-0.2, -0.15) is 0 Å². The molecule has 5 rings (SSSR count). The Morgan fingerprint density at radius 3 is 2.27 bits per heavy atom. The fraction of sp³-hybridized carbons (Fsp3) is 0.526. The maximum atomic E-state index is 13.6. The molecule has 4 atom stereocenters. The van der Waals surface area contributed by atoms with Gasteiger partial charge < -0.3 is 19.1 Å². The van der Waals surface area contributed by atoms with Crippen molar-refractivity contribution in [3.05, 3.63) is 44.8 Å². The molecule has 4 unspecified atom stereocenters. The summed E-state index contributed by atoms with van der Waals surface area (Å²) in [6.07, 6.45) is -16.0. The van der Waals surface area contributed by atoms with E-state index in [4.69, 9.17) is 21.8 Å². The van der Waals surface area contributed by atoms with Crippen LogP contribution in [0, 0.1) is 0 Å². The number of aliphatic hydroxyl groups is 1. The molecule has 2 bridgehead atoms. The van der Waals surface area contributed by atoms with Gasteiger partial charge in [0.2, 0.25) is 5.60 Å². The predicted molar refractivity (Wildman–Crippen MR) is 99.1 cm³/mol. The van der Waals surface area contributed by atoms with E-state index in [1.165, 1.54) is 12.1 Å². The van der Waals surface area contributed by atoms with Gasteiger partial charge in [-0.25, -0.2) is 4.79 Å². The summed E-state index contributed by atoms with van der Waals surface area (Å²) in [6, 6.07) is 0.0985. The lowest BCUT2D eigenvalue weighted by Gasteiger charge is -2.45. The average molecular weight is 402 g/mol. The number of carbonyl (C=O) groups excluding carboxylic acids is 1. The molecule has 0 saturated carbocycles. The maximum absolute atomic E-state index is 13.6. The number of nitrogens with zero attached hydrogens (tertiary/aromatic N) is 1. The van der Waals surface area contributed by atoms with Gasteiger partial charge >= 0.3 is 5.97 Å². The Balaban J connectivity index is 1.71. The summed E-state index contributed by atoms with van der Waals surface area (Å²) in [4.78, 5) is 13.8. The molecule has 1 N–H and O–H groups in total. The monoisotopic (exact) mass is 401 g/mol. The third kappa shape index (κ3) is 2.28. The predicted octanol–water partition coefficient (Wildman–Crippen LogP) is 2.35. The minimum absolute atomic E-state index is 0.0749. The highest BCUT2D eigenvalue weighted by Crippen LogP contribution is 2.52. The third-order valence-corrected chi connectivity index (χ3v) is 6.58. The zero-order valence-electron chi connectivity index (χ0n) is 22.9. The highest BCUT2D eigenvalue weighted by atomic mass is 32.1. The molecule has 26 heavy (non-hydrogen) atoms. The van der Waals surface area contributed by atoms with Gasteiger partial charge in [-0.05, 0) is 22.9 Å². The quantitative estimate of drug-likeness (QED) is 0.485. The van der Waals surface area contributed by atoms with Gasteiger partial charge in [0, 0.05) is 18.2 Å². The number of piperidine rings is 1. The second kappa shape index (κ2) is 5.62. The number of likely N-dealkylation sites (N-methyl/N-ethyl adjacent to an activating group) is 1. The minimum atomic E-state index is -3.62. The van der Waals surface area contributed by atoms with E-state index in [0.717, 1.165) is 36.8 Å². The standard InChI is InChI=1S/C19H22NO4S2/c1-20(2)12-9-11(10-13(20)17-16(12)24-17)23-18(21)19(22,14-5-3-7-25-14)15-6-4-8-26-15/h3-8,11-13,16-17,22H,9-10H2,1-2H3/q+1/i9D2,10D2,11D,12D,13D,16D,17D. The van der Waals surface area contributed by atoms with E-state index in [9.17, 15) is 9.90 Å². The number of rotatable bonds is 4. The molecule has 5 heterocycles. The van der Waals surface area contributed by atoms with Crippen molar-refractivity contribution in [1.29, 1.82) is 0 Å². The van der Waals surface area contributed by atoms with Gasteiger partial charge in [0.1, 0.15) is 30.3 Å². The maximum Gasteiger partial charge on any atom is 0.349 e. The van der Waals surface area contributed by atoms with E-state index in [2.05, 4.69) is 0 Å². The van der Waals surface area contributed by atoms with E-state index in [1.54, 1.807) is 22.9 Å². The second-order valence-electron chi connectivity index (χ2n) is 6.54. The van der Waals surface area contributed by atoms with Crippen molar-refractivity contribution in [2.45, 2.75) is 48.6 Å². The highest BCUT2D eigenvalue weighted by molar-refractivity contribution is 7.12. The molecule has 3 fully saturated rings. The van der Waals surface area contributed by atoms with E-state index < -0.39 is 59.1 Å². The Morgan fingerprint density at radius 1 is 1.27 bits per heavy atom.